The van der Waals surface area contributed by atoms with Crippen LogP contribution in [0, 0.1) is 6.92 Å². The molecule has 1 saturated carbocycles. The fourth-order valence-electron chi connectivity index (χ4n) is 2.70. The molecule has 0 saturated heterocycles. The number of pyridine rings is 1. The van der Waals surface area contributed by atoms with Crippen molar-refractivity contribution in [3.05, 3.63) is 23.5 Å². The second-order valence-electron chi connectivity index (χ2n) is 5.81. The lowest BCUT2D eigenvalue weighted by Gasteiger charge is -2.20. The maximum Gasteiger partial charge on any atom is 0.141 e. The minimum absolute atomic E-state index is 0.116. The van der Waals surface area contributed by atoms with Crippen molar-refractivity contribution in [3.8, 4) is 5.75 Å². The molecular formula is C16H26N2O. The highest BCUT2D eigenvalue weighted by Crippen LogP contribution is 2.25. The Labute approximate surface area is 116 Å². The molecular weight excluding hydrogens is 236 g/mol. The van der Waals surface area contributed by atoms with Crippen LogP contribution in [0.5, 0.6) is 5.75 Å². The average Bonchev–Trinajstić information content (AvgIpc) is 2.60. The minimum Gasteiger partial charge on any atom is -0.489 e. The normalized spacial score (nSPS) is 18.9. The first-order valence-corrected chi connectivity index (χ1v) is 7.54. The van der Waals surface area contributed by atoms with E-state index in [1.165, 1.54) is 38.5 Å². The number of rotatable bonds is 4. The number of nitrogens with zero attached hydrogens (tertiary/aromatic N) is 1. The molecule has 1 heterocycles. The van der Waals surface area contributed by atoms with Crippen molar-refractivity contribution in [2.45, 2.75) is 70.9 Å². The molecule has 1 aliphatic carbocycles. The molecule has 0 spiro atoms. The van der Waals surface area contributed by atoms with Crippen LogP contribution in [0.3, 0.4) is 0 Å². The topological polar surface area (TPSA) is 48.1 Å². The summed E-state index contributed by atoms with van der Waals surface area (Å²) in [6.07, 6.45) is 8.75. The number of aromatic nitrogens is 1. The Morgan fingerprint density at radius 3 is 2.58 bits per heavy atom. The lowest BCUT2D eigenvalue weighted by Crippen LogP contribution is -2.21. The third-order valence-corrected chi connectivity index (χ3v) is 3.68. The summed E-state index contributed by atoms with van der Waals surface area (Å²) in [6, 6.07) is 4.20. The van der Waals surface area contributed by atoms with Crippen LogP contribution in [0.25, 0.3) is 0 Å². The summed E-state index contributed by atoms with van der Waals surface area (Å²) in [5.41, 5.74) is 7.95. The predicted molar refractivity (Wildman–Crippen MR) is 78.4 cm³/mol. The van der Waals surface area contributed by atoms with Crippen LogP contribution in [0.15, 0.2) is 12.1 Å². The Morgan fingerprint density at radius 2 is 1.95 bits per heavy atom. The molecule has 106 valence electrons. The smallest absolute Gasteiger partial charge is 0.141 e. The lowest BCUT2D eigenvalue weighted by atomic mass is 10.1. The van der Waals surface area contributed by atoms with Crippen LogP contribution < -0.4 is 10.5 Å². The largest absolute Gasteiger partial charge is 0.489 e. The first-order valence-electron chi connectivity index (χ1n) is 7.54. The zero-order chi connectivity index (χ0) is 13.7. The fourth-order valence-corrected chi connectivity index (χ4v) is 2.70. The summed E-state index contributed by atoms with van der Waals surface area (Å²) in [7, 11) is 0. The van der Waals surface area contributed by atoms with Crippen LogP contribution in [-0.2, 0) is 6.42 Å². The van der Waals surface area contributed by atoms with Gasteiger partial charge in [-0.2, -0.15) is 0 Å². The van der Waals surface area contributed by atoms with Gasteiger partial charge in [0.1, 0.15) is 5.75 Å². The number of nitrogens with two attached hydrogens (primary N) is 1. The van der Waals surface area contributed by atoms with Gasteiger partial charge in [-0.05, 0) is 51.7 Å². The summed E-state index contributed by atoms with van der Waals surface area (Å²) >= 11 is 0. The van der Waals surface area contributed by atoms with E-state index in [-0.39, 0.29) is 6.04 Å². The summed E-state index contributed by atoms with van der Waals surface area (Å²) in [6.45, 7) is 4.03. The Morgan fingerprint density at radius 1 is 1.26 bits per heavy atom. The third kappa shape index (κ3) is 4.50. The quantitative estimate of drug-likeness (QED) is 0.846. The number of aryl methyl sites for hydroxylation is 1. The van der Waals surface area contributed by atoms with Crippen LogP contribution in [0.2, 0.25) is 0 Å². The number of ether oxygens (including phenoxy) is 1. The molecule has 2 rings (SSSR count). The van der Waals surface area contributed by atoms with E-state index >= 15 is 0 Å². The van der Waals surface area contributed by atoms with Crippen molar-refractivity contribution in [1.29, 1.82) is 0 Å². The van der Waals surface area contributed by atoms with Gasteiger partial charge in [-0.15, -0.1) is 0 Å². The van der Waals surface area contributed by atoms with Gasteiger partial charge in [-0.3, -0.25) is 4.98 Å². The molecule has 2 N–H and O–H groups in total. The van der Waals surface area contributed by atoms with Crippen molar-refractivity contribution in [2.24, 2.45) is 5.73 Å². The molecule has 3 heteroatoms. The molecule has 1 aliphatic rings. The summed E-state index contributed by atoms with van der Waals surface area (Å²) in [4.78, 5) is 4.60. The highest BCUT2D eigenvalue weighted by Gasteiger charge is 2.16. The van der Waals surface area contributed by atoms with Gasteiger partial charge in [0.25, 0.3) is 0 Å². The molecule has 0 bridgehead atoms. The highest BCUT2D eigenvalue weighted by atomic mass is 16.5. The van der Waals surface area contributed by atoms with Gasteiger partial charge in [0.15, 0.2) is 0 Å². The van der Waals surface area contributed by atoms with E-state index in [4.69, 9.17) is 10.5 Å². The highest BCUT2D eigenvalue weighted by molar-refractivity contribution is 5.30. The SMILES string of the molecule is Cc1ccc(OC2CCCCCC2)c(CC(C)N)n1. The molecule has 0 aliphatic heterocycles. The first kappa shape index (κ1) is 14.3. The van der Waals surface area contributed by atoms with Gasteiger partial charge in [-0.1, -0.05) is 12.8 Å². The average molecular weight is 262 g/mol. The van der Waals surface area contributed by atoms with Crippen molar-refractivity contribution in [1.82, 2.24) is 4.98 Å². The van der Waals surface area contributed by atoms with Gasteiger partial charge >= 0.3 is 0 Å². The van der Waals surface area contributed by atoms with Crippen LogP contribution in [0.1, 0.15) is 56.8 Å². The van der Waals surface area contributed by atoms with E-state index in [0.29, 0.717) is 6.10 Å². The zero-order valence-corrected chi connectivity index (χ0v) is 12.2. The molecule has 1 aromatic rings. The van der Waals surface area contributed by atoms with Gasteiger partial charge < -0.3 is 10.5 Å². The Hall–Kier alpha value is -1.09. The van der Waals surface area contributed by atoms with Gasteiger partial charge in [-0.25, -0.2) is 0 Å². The predicted octanol–water partition coefficient (Wildman–Crippen LogP) is 3.38. The summed E-state index contributed by atoms with van der Waals surface area (Å²) in [5.74, 6) is 0.940. The molecule has 0 aromatic carbocycles. The van der Waals surface area contributed by atoms with Crippen molar-refractivity contribution in [2.75, 3.05) is 0 Å². The molecule has 19 heavy (non-hydrogen) atoms. The molecule has 1 aromatic heterocycles. The molecule has 1 unspecified atom stereocenters. The molecule has 3 nitrogen and oxygen atoms in total. The third-order valence-electron chi connectivity index (χ3n) is 3.68. The van der Waals surface area contributed by atoms with Crippen molar-refractivity contribution < 1.29 is 4.74 Å². The maximum atomic E-state index is 6.20. The van der Waals surface area contributed by atoms with Gasteiger partial charge in [0.2, 0.25) is 0 Å². The lowest BCUT2D eigenvalue weighted by molar-refractivity contribution is 0.181. The van der Waals surface area contributed by atoms with Crippen molar-refractivity contribution >= 4 is 0 Å². The standard InChI is InChI=1S/C16H26N2O/c1-12(17)11-15-16(10-9-13(2)18-15)19-14-7-5-3-4-6-8-14/h9-10,12,14H,3-8,11,17H2,1-2H3. The molecule has 0 amide bonds. The Kier molecular flexibility index (Phi) is 5.20. The summed E-state index contributed by atoms with van der Waals surface area (Å²) < 4.78 is 6.20. The number of hydrogen-bond acceptors (Lipinski definition) is 3. The van der Waals surface area contributed by atoms with Crippen LogP contribution in [-0.4, -0.2) is 17.1 Å². The second-order valence-corrected chi connectivity index (χ2v) is 5.81. The maximum absolute atomic E-state index is 6.20. The monoisotopic (exact) mass is 262 g/mol. The van der Waals surface area contributed by atoms with E-state index in [1.807, 2.05) is 19.9 Å². The van der Waals surface area contributed by atoms with E-state index in [1.54, 1.807) is 0 Å². The molecule has 1 atom stereocenters. The molecule has 0 radical (unpaired) electrons. The summed E-state index contributed by atoms with van der Waals surface area (Å²) in [5, 5.41) is 0. The van der Waals surface area contributed by atoms with Crippen LogP contribution >= 0.6 is 0 Å². The zero-order valence-electron chi connectivity index (χ0n) is 12.2. The first-order chi connectivity index (χ1) is 9.15. The Balaban J connectivity index is 2.09. The Bertz CT molecular complexity index is 396. The van der Waals surface area contributed by atoms with E-state index in [2.05, 4.69) is 11.1 Å². The van der Waals surface area contributed by atoms with Gasteiger partial charge in [0.05, 0.1) is 11.8 Å². The van der Waals surface area contributed by atoms with E-state index in [0.717, 1.165) is 23.6 Å². The van der Waals surface area contributed by atoms with Crippen LogP contribution in [0.4, 0.5) is 0 Å². The van der Waals surface area contributed by atoms with E-state index in [9.17, 15) is 0 Å². The fraction of sp³-hybridized carbons (Fsp3) is 0.688. The molecule has 1 fully saturated rings. The van der Waals surface area contributed by atoms with Crippen molar-refractivity contribution in [3.63, 3.8) is 0 Å². The minimum atomic E-state index is 0.116. The second kappa shape index (κ2) is 6.90. The number of hydrogen-bond donors (Lipinski definition) is 1. The van der Waals surface area contributed by atoms with Gasteiger partial charge in [0, 0.05) is 18.2 Å². The van der Waals surface area contributed by atoms with E-state index < -0.39 is 0 Å².